The van der Waals surface area contributed by atoms with Crippen LogP contribution in [0.1, 0.15) is 6.42 Å². The van der Waals surface area contributed by atoms with Gasteiger partial charge in [-0.3, -0.25) is 0 Å². The lowest BCUT2D eigenvalue weighted by atomic mass is 10.2. The molecule has 1 saturated heterocycles. The van der Waals surface area contributed by atoms with Crippen molar-refractivity contribution in [3.05, 3.63) is 0 Å². The summed E-state index contributed by atoms with van der Waals surface area (Å²) in [6.07, 6.45) is 0.994. The fourth-order valence-corrected chi connectivity index (χ4v) is 0.852. The van der Waals surface area contributed by atoms with Crippen molar-refractivity contribution in [3.63, 3.8) is 0 Å². The van der Waals surface area contributed by atoms with E-state index in [9.17, 15) is 4.79 Å². The Kier molecular flexibility index (Phi) is 3.77. The Morgan fingerprint density at radius 3 is 2.56 bits per heavy atom. The van der Waals surface area contributed by atoms with Crippen LogP contribution in [-0.4, -0.2) is 30.1 Å². The molecule has 1 aliphatic rings. The van der Waals surface area contributed by atoms with Gasteiger partial charge in [0.15, 0.2) is 0 Å². The van der Waals surface area contributed by atoms with Crippen molar-refractivity contribution in [2.45, 2.75) is 18.6 Å². The Morgan fingerprint density at radius 1 is 1.67 bits per heavy atom. The van der Waals surface area contributed by atoms with Crippen molar-refractivity contribution in [1.29, 1.82) is 0 Å². The van der Waals surface area contributed by atoms with E-state index in [4.69, 9.17) is 5.11 Å². The van der Waals surface area contributed by atoms with Gasteiger partial charge in [-0.1, -0.05) is 0 Å². The average molecular weight is 152 g/mol. The molecule has 4 heteroatoms. The van der Waals surface area contributed by atoms with Crippen LogP contribution in [0.15, 0.2) is 0 Å². The standard InChI is InChI=1S/C5H9NO2.ClH/c7-3-4-5(8)1-2-6-4;/h3-6,8H,1-2H2;1H/t4-,5-;/m1./s1. The van der Waals surface area contributed by atoms with Gasteiger partial charge in [0.05, 0.1) is 12.1 Å². The summed E-state index contributed by atoms with van der Waals surface area (Å²) in [6, 6.07) is -0.310. The molecule has 2 N–H and O–H groups in total. The van der Waals surface area contributed by atoms with E-state index in [0.717, 1.165) is 12.8 Å². The summed E-state index contributed by atoms with van der Waals surface area (Å²) >= 11 is 0. The van der Waals surface area contributed by atoms with Gasteiger partial charge in [-0.2, -0.15) is 0 Å². The van der Waals surface area contributed by atoms with Gasteiger partial charge in [0.1, 0.15) is 6.29 Å². The molecule has 3 nitrogen and oxygen atoms in total. The van der Waals surface area contributed by atoms with E-state index in [0.29, 0.717) is 6.42 Å². The summed E-state index contributed by atoms with van der Waals surface area (Å²) in [4.78, 5) is 10.00. The number of halogens is 1. The molecule has 0 spiro atoms. The number of aliphatic hydroxyl groups excluding tert-OH is 1. The van der Waals surface area contributed by atoms with E-state index in [-0.39, 0.29) is 18.4 Å². The third kappa shape index (κ3) is 1.93. The van der Waals surface area contributed by atoms with Crippen LogP contribution < -0.4 is 5.32 Å². The van der Waals surface area contributed by atoms with Crippen molar-refractivity contribution in [1.82, 2.24) is 5.32 Å². The van der Waals surface area contributed by atoms with Crippen molar-refractivity contribution >= 4 is 18.7 Å². The van der Waals surface area contributed by atoms with E-state index < -0.39 is 6.10 Å². The predicted molar refractivity (Wildman–Crippen MR) is 35.7 cm³/mol. The van der Waals surface area contributed by atoms with E-state index >= 15 is 0 Å². The molecular formula is C5H10ClNO2. The van der Waals surface area contributed by atoms with Crippen LogP contribution in [0.25, 0.3) is 0 Å². The third-order valence-corrected chi connectivity index (χ3v) is 1.38. The Balaban J connectivity index is 0.000000640. The minimum Gasteiger partial charge on any atom is -0.391 e. The minimum absolute atomic E-state index is 0. The Hall–Kier alpha value is -0.120. The van der Waals surface area contributed by atoms with Gasteiger partial charge >= 0.3 is 0 Å². The molecule has 1 heterocycles. The fraction of sp³-hybridized carbons (Fsp3) is 0.800. The van der Waals surface area contributed by atoms with E-state index in [1.165, 1.54) is 0 Å². The molecule has 1 aliphatic heterocycles. The topological polar surface area (TPSA) is 49.3 Å². The lowest BCUT2D eigenvalue weighted by molar-refractivity contribution is -0.110. The summed E-state index contributed by atoms with van der Waals surface area (Å²) in [5.41, 5.74) is 0. The normalized spacial score (nSPS) is 33.4. The van der Waals surface area contributed by atoms with Crippen LogP contribution in [0.2, 0.25) is 0 Å². The summed E-state index contributed by atoms with van der Waals surface area (Å²) in [7, 11) is 0. The maximum Gasteiger partial charge on any atom is 0.139 e. The number of carbonyl (C=O) groups excluding carboxylic acids is 1. The van der Waals surface area contributed by atoms with Crippen LogP contribution in [0.5, 0.6) is 0 Å². The highest BCUT2D eigenvalue weighted by Crippen LogP contribution is 2.02. The molecule has 1 fully saturated rings. The first-order valence-corrected chi connectivity index (χ1v) is 2.71. The highest BCUT2D eigenvalue weighted by molar-refractivity contribution is 5.85. The van der Waals surface area contributed by atoms with Crippen LogP contribution in [0.3, 0.4) is 0 Å². The third-order valence-electron chi connectivity index (χ3n) is 1.38. The van der Waals surface area contributed by atoms with Gasteiger partial charge in [-0.05, 0) is 13.0 Å². The minimum atomic E-state index is -0.451. The van der Waals surface area contributed by atoms with Gasteiger partial charge in [-0.15, -0.1) is 12.4 Å². The quantitative estimate of drug-likeness (QED) is 0.489. The number of aliphatic hydroxyl groups is 1. The second-order valence-electron chi connectivity index (χ2n) is 1.97. The van der Waals surface area contributed by atoms with E-state index in [1.807, 2.05) is 0 Å². The van der Waals surface area contributed by atoms with Gasteiger partial charge in [-0.25, -0.2) is 0 Å². The fourth-order valence-electron chi connectivity index (χ4n) is 0.852. The highest BCUT2D eigenvalue weighted by atomic mass is 35.5. The summed E-state index contributed by atoms with van der Waals surface area (Å²) < 4.78 is 0. The molecule has 0 unspecified atom stereocenters. The number of aldehydes is 1. The summed E-state index contributed by atoms with van der Waals surface area (Å²) in [5.74, 6) is 0. The molecule has 0 bridgehead atoms. The summed E-state index contributed by atoms with van der Waals surface area (Å²) in [5, 5.41) is 11.7. The first-order valence-electron chi connectivity index (χ1n) is 2.71. The molecule has 9 heavy (non-hydrogen) atoms. The van der Waals surface area contributed by atoms with Gasteiger partial charge in [0.2, 0.25) is 0 Å². The van der Waals surface area contributed by atoms with E-state index in [1.54, 1.807) is 0 Å². The van der Waals surface area contributed by atoms with Gasteiger partial charge < -0.3 is 15.2 Å². The Labute approximate surface area is 59.9 Å². The van der Waals surface area contributed by atoms with Gasteiger partial charge in [0, 0.05) is 0 Å². The van der Waals surface area contributed by atoms with Crippen LogP contribution in [0.4, 0.5) is 0 Å². The predicted octanol–water partition coefficient (Wildman–Crippen LogP) is -0.670. The first kappa shape index (κ1) is 8.88. The van der Waals surface area contributed by atoms with E-state index in [2.05, 4.69) is 5.32 Å². The maximum absolute atomic E-state index is 10.00. The lowest BCUT2D eigenvalue weighted by Gasteiger charge is -2.03. The molecule has 0 aliphatic carbocycles. The van der Waals surface area contributed by atoms with Crippen molar-refractivity contribution in [2.75, 3.05) is 6.54 Å². The Bertz CT molecular complexity index is 99.0. The van der Waals surface area contributed by atoms with Crippen LogP contribution >= 0.6 is 12.4 Å². The second kappa shape index (κ2) is 3.82. The number of carbonyl (C=O) groups is 1. The Morgan fingerprint density at radius 2 is 2.33 bits per heavy atom. The molecule has 0 aromatic rings. The van der Waals surface area contributed by atoms with Crippen LogP contribution in [0, 0.1) is 0 Å². The van der Waals surface area contributed by atoms with Crippen LogP contribution in [-0.2, 0) is 4.79 Å². The van der Waals surface area contributed by atoms with Crippen molar-refractivity contribution < 1.29 is 9.90 Å². The molecule has 54 valence electrons. The number of nitrogens with one attached hydrogen (secondary N) is 1. The smallest absolute Gasteiger partial charge is 0.139 e. The zero-order valence-electron chi connectivity index (χ0n) is 4.91. The van der Waals surface area contributed by atoms with Gasteiger partial charge in [0.25, 0.3) is 0 Å². The van der Waals surface area contributed by atoms with Crippen molar-refractivity contribution in [3.8, 4) is 0 Å². The molecular weight excluding hydrogens is 142 g/mol. The summed E-state index contributed by atoms with van der Waals surface area (Å²) in [6.45, 7) is 0.755. The molecule has 0 aromatic carbocycles. The monoisotopic (exact) mass is 151 g/mol. The van der Waals surface area contributed by atoms with Crippen molar-refractivity contribution in [2.24, 2.45) is 0 Å². The first-order chi connectivity index (χ1) is 3.84. The molecule has 0 amide bonds. The zero-order chi connectivity index (χ0) is 5.98. The molecule has 0 radical (unpaired) electrons. The largest absolute Gasteiger partial charge is 0.391 e. The number of rotatable bonds is 1. The second-order valence-corrected chi connectivity index (χ2v) is 1.97. The number of hydrogen-bond donors (Lipinski definition) is 2. The molecule has 0 aromatic heterocycles. The molecule has 1 rings (SSSR count). The molecule has 2 atom stereocenters. The lowest BCUT2D eigenvalue weighted by Crippen LogP contribution is -2.31. The molecule has 0 saturated carbocycles. The highest BCUT2D eigenvalue weighted by Gasteiger charge is 2.22. The zero-order valence-corrected chi connectivity index (χ0v) is 5.73. The SMILES string of the molecule is Cl.O=C[C@H]1NCC[C@H]1O. The maximum atomic E-state index is 10.00. The average Bonchev–Trinajstić information content (AvgIpc) is 2.14. The number of hydrogen-bond acceptors (Lipinski definition) is 3.